The number of nitrogens with one attached hydrogen (secondary N) is 3. The van der Waals surface area contributed by atoms with Crippen molar-refractivity contribution in [3.8, 4) is 0 Å². The summed E-state index contributed by atoms with van der Waals surface area (Å²) in [6, 6.07) is 7.05. The van der Waals surface area contributed by atoms with Gasteiger partial charge in [0, 0.05) is 32.3 Å². The molecule has 8 nitrogen and oxygen atoms in total. The predicted octanol–water partition coefficient (Wildman–Crippen LogP) is 0.221. The molecule has 1 aromatic rings. The topological polar surface area (TPSA) is 118 Å². The smallest absolute Gasteiger partial charge is 0.251 e. The molecule has 0 atom stereocenters. The van der Waals surface area contributed by atoms with Crippen molar-refractivity contribution in [1.82, 2.24) is 16.0 Å². The van der Waals surface area contributed by atoms with Crippen molar-refractivity contribution < 1.29 is 14.3 Å². The lowest BCUT2D eigenvalue weighted by Crippen LogP contribution is -2.38. The minimum absolute atomic E-state index is 0. The molecule has 2 amide bonds. The van der Waals surface area contributed by atoms with Crippen LogP contribution in [-0.4, -0.2) is 51.1 Å². The highest BCUT2D eigenvalue weighted by Gasteiger charge is 2.06. The molecule has 0 bridgehead atoms. The van der Waals surface area contributed by atoms with E-state index in [0.717, 1.165) is 5.56 Å². The minimum atomic E-state index is -0.576. The van der Waals surface area contributed by atoms with E-state index in [4.69, 9.17) is 10.5 Å². The Kier molecular flexibility index (Phi) is 12.4. The molecule has 0 spiro atoms. The summed E-state index contributed by atoms with van der Waals surface area (Å²) in [6.45, 7) is 4.32. The van der Waals surface area contributed by atoms with Gasteiger partial charge >= 0.3 is 0 Å². The predicted molar refractivity (Wildman–Crippen MR) is 108 cm³/mol. The van der Waals surface area contributed by atoms with Gasteiger partial charge in [-0.05, 0) is 24.6 Å². The fourth-order valence-corrected chi connectivity index (χ4v) is 1.84. The lowest BCUT2D eigenvalue weighted by molar-refractivity contribution is -0.117. The minimum Gasteiger partial charge on any atom is -0.380 e. The zero-order valence-corrected chi connectivity index (χ0v) is 16.8. The second-order valence-corrected chi connectivity index (χ2v) is 4.90. The summed E-state index contributed by atoms with van der Waals surface area (Å²) in [5.41, 5.74) is 6.45. The maximum absolute atomic E-state index is 11.8. The highest BCUT2D eigenvalue weighted by molar-refractivity contribution is 14.0. The van der Waals surface area contributed by atoms with Crippen molar-refractivity contribution in [2.75, 3.05) is 33.4 Å². The number of primary amides is 1. The Morgan fingerprint density at radius 2 is 1.84 bits per heavy atom. The third-order valence-electron chi connectivity index (χ3n) is 3.07. The lowest BCUT2D eigenvalue weighted by Gasteiger charge is -2.12. The number of guanidine groups is 1. The first-order valence-corrected chi connectivity index (χ1v) is 7.74. The number of ether oxygens (including phenoxy) is 1. The molecule has 0 aromatic heterocycles. The normalized spacial score (nSPS) is 10.6. The molecular formula is C16H26IN5O3. The van der Waals surface area contributed by atoms with Crippen molar-refractivity contribution in [1.29, 1.82) is 0 Å². The van der Waals surface area contributed by atoms with E-state index >= 15 is 0 Å². The van der Waals surface area contributed by atoms with Crippen LogP contribution in [0.2, 0.25) is 0 Å². The maximum Gasteiger partial charge on any atom is 0.251 e. The van der Waals surface area contributed by atoms with Crippen LogP contribution in [-0.2, 0) is 16.1 Å². The second kappa shape index (κ2) is 13.4. The average Bonchev–Trinajstić information content (AvgIpc) is 2.59. The summed E-state index contributed by atoms with van der Waals surface area (Å²) in [5, 5.41) is 8.75. The quantitative estimate of drug-likeness (QED) is 0.181. The standard InChI is InChI=1S/C16H25N5O3.HI/c1-3-24-9-8-19-16(18-2)21-10-12-4-6-13(7-5-12)15(23)20-11-14(17)22;/h4-7H,3,8-11H2,1-2H3,(H2,17,22)(H,20,23)(H2,18,19,21);1H. The Balaban J connectivity index is 0.00000576. The van der Waals surface area contributed by atoms with Crippen LogP contribution in [0, 0.1) is 0 Å². The molecular weight excluding hydrogens is 437 g/mol. The zero-order valence-electron chi connectivity index (χ0n) is 14.5. The fraction of sp³-hybridized carbons (Fsp3) is 0.438. The number of carbonyl (C=O) groups excluding carboxylic acids is 2. The summed E-state index contributed by atoms with van der Waals surface area (Å²) in [6.07, 6.45) is 0. The van der Waals surface area contributed by atoms with Gasteiger partial charge in [-0.3, -0.25) is 14.6 Å². The number of hydrogen-bond acceptors (Lipinski definition) is 4. The van der Waals surface area contributed by atoms with Crippen molar-refractivity contribution in [3.63, 3.8) is 0 Å². The third kappa shape index (κ3) is 9.87. The number of aliphatic imine (C=N–C) groups is 1. The number of hydrogen-bond donors (Lipinski definition) is 4. The van der Waals surface area contributed by atoms with E-state index in [1.165, 1.54) is 0 Å². The van der Waals surface area contributed by atoms with E-state index in [2.05, 4.69) is 20.9 Å². The van der Waals surface area contributed by atoms with Crippen LogP contribution < -0.4 is 21.7 Å². The Labute approximate surface area is 165 Å². The molecule has 140 valence electrons. The van der Waals surface area contributed by atoms with Gasteiger partial charge < -0.3 is 26.4 Å². The second-order valence-electron chi connectivity index (χ2n) is 4.90. The SMILES string of the molecule is CCOCCNC(=NC)NCc1ccc(C(=O)NCC(N)=O)cc1.I. The average molecular weight is 463 g/mol. The molecule has 0 heterocycles. The van der Waals surface area contributed by atoms with E-state index in [-0.39, 0.29) is 36.4 Å². The number of nitrogens with zero attached hydrogens (tertiary/aromatic N) is 1. The lowest BCUT2D eigenvalue weighted by atomic mass is 10.1. The van der Waals surface area contributed by atoms with E-state index in [1.807, 2.05) is 19.1 Å². The molecule has 0 saturated heterocycles. The molecule has 0 radical (unpaired) electrons. The largest absolute Gasteiger partial charge is 0.380 e. The summed E-state index contributed by atoms with van der Waals surface area (Å²) in [4.78, 5) is 26.5. The van der Waals surface area contributed by atoms with Gasteiger partial charge in [-0.2, -0.15) is 0 Å². The first-order chi connectivity index (χ1) is 11.6. The van der Waals surface area contributed by atoms with Gasteiger partial charge in [-0.1, -0.05) is 12.1 Å². The van der Waals surface area contributed by atoms with E-state index in [0.29, 0.717) is 37.8 Å². The van der Waals surface area contributed by atoms with Crippen LogP contribution in [0.4, 0.5) is 0 Å². The summed E-state index contributed by atoms with van der Waals surface area (Å²) in [7, 11) is 1.70. The van der Waals surface area contributed by atoms with Gasteiger partial charge in [0.05, 0.1) is 13.2 Å². The molecule has 5 N–H and O–H groups in total. The van der Waals surface area contributed by atoms with E-state index in [9.17, 15) is 9.59 Å². The highest BCUT2D eigenvalue weighted by atomic mass is 127. The van der Waals surface area contributed by atoms with Gasteiger partial charge in [0.15, 0.2) is 5.96 Å². The van der Waals surface area contributed by atoms with Crippen molar-refractivity contribution in [2.45, 2.75) is 13.5 Å². The molecule has 1 aromatic carbocycles. The zero-order chi connectivity index (χ0) is 17.8. The van der Waals surface area contributed by atoms with Gasteiger partial charge in [-0.25, -0.2) is 0 Å². The van der Waals surface area contributed by atoms with Crippen LogP contribution in [0.1, 0.15) is 22.8 Å². The van der Waals surface area contributed by atoms with Gasteiger partial charge in [0.1, 0.15) is 0 Å². The maximum atomic E-state index is 11.8. The van der Waals surface area contributed by atoms with Crippen LogP contribution >= 0.6 is 24.0 Å². The molecule has 1 rings (SSSR count). The fourth-order valence-electron chi connectivity index (χ4n) is 1.84. The van der Waals surface area contributed by atoms with Crippen LogP contribution in [0.15, 0.2) is 29.3 Å². The Morgan fingerprint density at radius 3 is 2.40 bits per heavy atom. The number of benzene rings is 1. The number of carbonyl (C=O) groups is 2. The number of halogens is 1. The monoisotopic (exact) mass is 463 g/mol. The summed E-state index contributed by atoms with van der Waals surface area (Å²) < 4.78 is 5.25. The molecule has 0 aliphatic rings. The van der Waals surface area contributed by atoms with Crippen LogP contribution in [0.3, 0.4) is 0 Å². The van der Waals surface area contributed by atoms with Crippen molar-refractivity contribution >= 4 is 41.8 Å². The Bertz CT molecular complexity index is 563. The number of rotatable bonds is 9. The highest BCUT2D eigenvalue weighted by Crippen LogP contribution is 2.04. The molecule has 0 aliphatic heterocycles. The number of nitrogens with two attached hydrogens (primary N) is 1. The van der Waals surface area contributed by atoms with Gasteiger partial charge in [0.25, 0.3) is 5.91 Å². The number of amides is 2. The van der Waals surface area contributed by atoms with Crippen molar-refractivity contribution in [2.24, 2.45) is 10.7 Å². The third-order valence-corrected chi connectivity index (χ3v) is 3.07. The van der Waals surface area contributed by atoms with Crippen molar-refractivity contribution in [3.05, 3.63) is 35.4 Å². The summed E-state index contributed by atoms with van der Waals surface area (Å²) >= 11 is 0. The van der Waals surface area contributed by atoms with Crippen LogP contribution in [0.25, 0.3) is 0 Å². The van der Waals surface area contributed by atoms with Crippen LogP contribution in [0.5, 0.6) is 0 Å². The van der Waals surface area contributed by atoms with E-state index < -0.39 is 5.91 Å². The molecule has 25 heavy (non-hydrogen) atoms. The molecule has 0 unspecified atom stereocenters. The Hall–Kier alpha value is -1.88. The first kappa shape index (κ1) is 23.1. The van der Waals surface area contributed by atoms with Gasteiger partial charge in [0.2, 0.25) is 5.91 Å². The Morgan fingerprint density at radius 1 is 1.16 bits per heavy atom. The van der Waals surface area contributed by atoms with Gasteiger partial charge in [-0.15, -0.1) is 24.0 Å². The molecule has 9 heteroatoms. The summed E-state index contributed by atoms with van der Waals surface area (Å²) in [5.74, 6) is -0.230. The molecule has 0 saturated carbocycles. The van der Waals surface area contributed by atoms with E-state index in [1.54, 1.807) is 19.2 Å². The molecule has 0 aliphatic carbocycles. The molecule has 0 fully saturated rings. The first-order valence-electron chi connectivity index (χ1n) is 7.74.